The molecule has 0 aliphatic heterocycles. The zero-order valence-corrected chi connectivity index (χ0v) is 18.4. The average molecular weight is 414 g/mol. The van der Waals surface area contributed by atoms with Crippen molar-refractivity contribution < 1.29 is 0 Å². The van der Waals surface area contributed by atoms with Crippen molar-refractivity contribution in [1.82, 2.24) is 0 Å². The maximum absolute atomic E-state index is 3.96. The topological polar surface area (TPSA) is 3.24 Å². The quantitative estimate of drug-likeness (QED) is 0.296. The van der Waals surface area contributed by atoms with Crippen molar-refractivity contribution in [2.45, 2.75) is 13.3 Å². The van der Waals surface area contributed by atoms with E-state index in [0.717, 1.165) is 12.1 Å². The van der Waals surface area contributed by atoms with Gasteiger partial charge >= 0.3 is 0 Å². The fourth-order valence-corrected chi connectivity index (χ4v) is 4.42. The molecular weight excluding hydrogens is 386 g/mol. The maximum Gasteiger partial charge on any atom is 0.0539 e. The third-order valence-corrected chi connectivity index (χ3v) is 6.16. The summed E-state index contributed by atoms with van der Waals surface area (Å²) in [5.41, 5.74) is 7.31. The molecule has 0 saturated carbocycles. The largest absolute Gasteiger partial charge is 0.310 e. The number of allylic oxidation sites excluding steroid dienone is 4. The Morgan fingerprint density at radius 1 is 0.844 bits per heavy atom. The third kappa shape index (κ3) is 3.90. The van der Waals surface area contributed by atoms with Gasteiger partial charge in [0.2, 0.25) is 0 Å². The highest BCUT2D eigenvalue weighted by Gasteiger charge is 2.18. The van der Waals surface area contributed by atoms with Gasteiger partial charge in [-0.3, -0.25) is 0 Å². The van der Waals surface area contributed by atoms with Gasteiger partial charge < -0.3 is 4.90 Å². The highest BCUT2D eigenvalue weighted by Crippen LogP contribution is 2.38. The van der Waals surface area contributed by atoms with Gasteiger partial charge in [-0.2, -0.15) is 0 Å². The minimum atomic E-state index is 0.400. The van der Waals surface area contributed by atoms with E-state index in [-0.39, 0.29) is 0 Å². The van der Waals surface area contributed by atoms with Crippen LogP contribution in [0.15, 0.2) is 128 Å². The molecule has 0 fully saturated rings. The van der Waals surface area contributed by atoms with E-state index in [4.69, 9.17) is 0 Å². The second-order valence-electron chi connectivity index (χ2n) is 8.37. The minimum Gasteiger partial charge on any atom is -0.310 e. The molecule has 0 saturated heterocycles. The molecule has 0 heterocycles. The Balaban J connectivity index is 1.61. The minimum absolute atomic E-state index is 0.400. The molecule has 0 bridgehead atoms. The van der Waals surface area contributed by atoms with Gasteiger partial charge in [0.05, 0.1) is 5.69 Å². The Labute approximate surface area is 190 Å². The van der Waals surface area contributed by atoms with Crippen LogP contribution >= 0.6 is 0 Å². The lowest BCUT2D eigenvalue weighted by molar-refractivity contribution is 0.812. The van der Waals surface area contributed by atoms with Crippen molar-refractivity contribution in [1.29, 1.82) is 0 Å². The molecule has 0 N–H and O–H groups in total. The molecule has 1 heteroatoms. The Kier molecular flexibility index (Phi) is 5.47. The van der Waals surface area contributed by atoms with E-state index < -0.39 is 0 Å². The summed E-state index contributed by atoms with van der Waals surface area (Å²) in [4.78, 5) is 2.37. The summed E-state index contributed by atoms with van der Waals surface area (Å²) in [6.45, 7) is 6.10. The maximum atomic E-state index is 3.96. The van der Waals surface area contributed by atoms with Gasteiger partial charge in [0.1, 0.15) is 0 Å². The van der Waals surface area contributed by atoms with Crippen LogP contribution in [0, 0.1) is 12.8 Å². The number of benzene rings is 4. The smallest absolute Gasteiger partial charge is 0.0539 e. The first-order valence-electron chi connectivity index (χ1n) is 11.2. The number of aryl methyl sites for hydroxylation is 1. The molecule has 0 spiro atoms. The third-order valence-electron chi connectivity index (χ3n) is 6.16. The summed E-state index contributed by atoms with van der Waals surface area (Å²) < 4.78 is 0. The van der Waals surface area contributed by atoms with Crippen LogP contribution in [0.2, 0.25) is 0 Å². The lowest BCUT2D eigenvalue weighted by atomic mass is 9.97. The van der Waals surface area contributed by atoms with Gasteiger partial charge in [-0.1, -0.05) is 96.6 Å². The van der Waals surface area contributed by atoms with Gasteiger partial charge in [0, 0.05) is 16.8 Å². The van der Waals surface area contributed by atoms with Crippen molar-refractivity contribution in [3.63, 3.8) is 0 Å². The van der Waals surface area contributed by atoms with Gasteiger partial charge in [0.15, 0.2) is 0 Å². The second kappa shape index (κ2) is 8.72. The fourth-order valence-electron chi connectivity index (χ4n) is 4.42. The van der Waals surface area contributed by atoms with E-state index in [1.807, 2.05) is 6.08 Å². The highest BCUT2D eigenvalue weighted by molar-refractivity contribution is 5.97. The number of nitrogens with zero attached hydrogens (tertiary/aromatic N) is 1. The second-order valence-corrected chi connectivity index (χ2v) is 8.37. The fraction of sp³-hybridized carbons (Fsp3) is 0.0968. The van der Waals surface area contributed by atoms with Crippen LogP contribution in [0.25, 0.3) is 21.9 Å². The molecule has 156 valence electrons. The van der Waals surface area contributed by atoms with E-state index in [1.165, 1.54) is 38.8 Å². The van der Waals surface area contributed by atoms with Crippen molar-refractivity contribution in [3.8, 4) is 11.1 Å². The van der Waals surface area contributed by atoms with Gasteiger partial charge in [-0.05, 0) is 60.1 Å². The summed E-state index contributed by atoms with van der Waals surface area (Å²) in [6.07, 6.45) is 9.79. The predicted octanol–water partition coefficient (Wildman–Crippen LogP) is 8.60. The number of anilines is 2. The molecule has 32 heavy (non-hydrogen) atoms. The summed E-state index contributed by atoms with van der Waals surface area (Å²) in [5, 5.41) is 2.49. The monoisotopic (exact) mass is 413 g/mol. The zero-order valence-electron chi connectivity index (χ0n) is 18.4. The highest BCUT2D eigenvalue weighted by atomic mass is 15.1. The Morgan fingerprint density at radius 3 is 2.38 bits per heavy atom. The van der Waals surface area contributed by atoms with Crippen LogP contribution < -0.4 is 4.90 Å². The lowest BCUT2D eigenvalue weighted by Crippen LogP contribution is -2.17. The molecule has 4 aromatic carbocycles. The predicted molar refractivity (Wildman–Crippen MR) is 138 cm³/mol. The molecule has 4 aromatic rings. The summed E-state index contributed by atoms with van der Waals surface area (Å²) in [5.74, 6) is 0.400. The number of hydrogen-bond acceptors (Lipinski definition) is 1. The molecule has 1 aliphatic rings. The summed E-state index contributed by atoms with van der Waals surface area (Å²) in [7, 11) is 0. The van der Waals surface area contributed by atoms with E-state index >= 15 is 0 Å². The normalized spacial score (nSPS) is 15.4. The number of fused-ring (bicyclic) bond motifs is 1. The molecule has 1 atom stereocenters. The van der Waals surface area contributed by atoms with Crippen LogP contribution in [0.4, 0.5) is 11.4 Å². The molecule has 1 nitrogen and oxygen atoms in total. The van der Waals surface area contributed by atoms with Crippen LogP contribution in [0.3, 0.4) is 0 Å². The standard InChI is InChI=1S/C31H27N/c1-3-24-14-18-28(19-15-24)32(31-13-7-10-26-9-4-5-12-30(26)31)29-20-16-25(17-21-29)27-11-6-8-23(2)22-27/h3-14,16-22,24H,1,15H2,2H3. The number of hydrogen-bond donors (Lipinski definition) is 0. The lowest BCUT2D eigenvalue weighted by Gasteiger charge is -2.29. The van der Waals surface area contributed by atoms with Crippen LogP contribution in [-0.4, -0.2) is 0 Å². The molecular formula is C31H27N. The molecule has 1 unspecified atom stereocenters. The number of rotatable bonds is 5. The zero-order chi connectivity index (χ0) is 21.9. The van der Waals surface area contributed by atoms with Gasteiger partial charge in [0.25, 0.3) is 0 Å². The van der Waals surface area contributed by atoms with E-state index in [2.05, 4.69) is 128 Å². The van der Waals surface area contributed by atoms with Crippen LogP contribution in [0.5, 0.6) is 0 Å². The van der Waals surface area contributed by atoms with E-state index in [9.17, 15) is 0 Å². The van der Waals surface area contributed by atoms with Crippen molar-refractivity contribution in [3.05, 3.63) is 133 Å². The Bertz CT molecular complexity index is 1320. The molecule has 0 amide bonds. The van der Waals surface area contributed by atoms with Crippen molar-refractivity contribution >= 4 is 22.1 Å². The summed E-state index contributed by atoms with van der Waals surface area (Å²) in [6, 6.07) is 32.7. The average Bonchev–Trinajstić information content (AvgIpc) is 2.85. The van der Waals surface area contributed by atoms with Crippen molar-refractivity contribution in [2.75, 3.05) is 4.90 Å². The first-order valence-corrected chi connectivity index (χ1v) is 11.2. The molecule has 5 rings (SSSR count). The van der Waals surface area contributed by atoms with E-state index in [0.29, 0.717) is 5.92 Å². The van der Waals surface area contributed by atoms with Gasteiger partial charge in [-0.15, -0.1) is 6.58 Å². The first kappa shape index (κ1) is 20.1. The van der Waals surface area contributed by atoms with Crippen LogP contribution in [0.1, 0.15) is 12.0 Å². The summed E-state index contributed by atoms with van der Waals surface area (Å²) >= 11 is 0. The SMILES string of the molecule is C=CC1C=CC(N(c2ccc(-c3cccc(C)c3)cc2)c2cccc3ccccc23)=CC1. The molecule has 0 aromatic heterocycles. The van der Waals surface area contributed by atoms with Crippen molar-refractivity contribution in [2.24, 2.45) is 5.92 Å². The first-order chi connectivity index (χ1) is 15.7. The molecule has 1 aliphatic carbocycles. The Morgan fingerprint density at radius 2 is 1.62 bits per heavy atom. The van der Waals surface area contributed by atoms with Gasteiger partial charge in [-0.25, -0.2) is 0 Å². The van der Waals surface area contributed by atoms with E-state index in [1.54, 1.807) is 0 Å². The van der Waals surface area contributed by atoms with Crippen LogP contribution in [-0.2, 0) is 0 Å². The molecule has 0 radical (unpaired) electrons. The Hall–Kier alpha value is -3.84.